The first kappa shape index (κ1) is 23.9. The predicted octanol–water partition coefficient (Wildman–Crippen LogP) is 4.13. The van der Waals surface area contributed by atoms with Gasteiger partial charge in [-0.3, -0.25) is 9.69 Å². The lowest BCUT2D eigenvalue weighted by Crippen LogP contribution is -2.40. The van der Waals surface area contributed by atoms with Gasteiger partial charge in [-0.05, 0) is 50.9 Å². The molecule has 186 valence electrons. The van der Waals surface area contributed by atoms with Crippen molar-refractivity contribution in [3.8, 4) is 11.4 Å². The lowest BCUT2D eigenvalue weighted by Gasteiger charge is -2.30. The zero-order valence-corrected chi connectivity index (χ0v) is 20.9. The molecule has 0 saturated carbocycles. The monoisotopic (exact) mass is 484 g/mol. The zero-order valence-electron chi connectivity index (χ0n) is 20.9. The molecular weight excluding hydrogens is 452 g/mol. The van der Waals surface area contributed by atoms with Crippen LogP contribution in [-0.4, -0.2) is 43.6 Å². The Labute approximate surface area is 211 Å². The summed E-state index contributed by atoms with van der Waals surface area (Å²) in [5.41, 5.74) is 4.46. The number of likely N-dealkylation sites (tertiary alicyclic amines) is 1. The highest BCUT2D eigenvalue weighted by Crippen LogP contribution is 2.21. The fourth-order valence-corrected chi connectivity index (χ4v) is 4.62. The highest BCUT2D eigenvalue weighted by atomic mass is 16.5. The molecule has 0 spiro atoms. The number of nitrogens with zero attached hydrogens (tertiary/aromatic N) is 5. The molecule has 0 aliphatic carbocycles. The molecule has 5 rings (SSSR count). The molecule has 1 aliphatic rings. The second kappa shape index (κ2) is 10.9. The summed E-state index contributed by atoms with van der Waals surface area (Å²) in [4.78, 5) is 23.9. The molecule has 8 nitrogen and oxygen atoms in total. The van der Waals surface area contributed by atoms with Gasteiger partial charge in [0.05, 0.1) is 6.54 Å². The van der Waals surface area contributed by atoms with Gasteiger partial charge in [0.1, 0.15) is 5.82 Å². The minimum absolute atomic E-state index is 0.0313. The average molecular weight is 485 g/mol. The molecule has 0 unspecified atom stereocenters. The van der Waals surface area contributed by atoms with Crippen molar-refractivity contribution in [3.63, 3.8) is 0 Å². The van der Waals surface area contributed by atoms with Crippen LogP contribution in [0.1, 0.15) is 41.2 Å². The highest BCUT2D eigenvalue weighted by Gasteiger charge is 2.26. The Morgan fingerprint density at radius 1 is 1.06 bits per heavy atom. The number of imidazole rings is 1. The Bertz CT molecular complexity index is 1300. The molecule has 1 amide bonds. The molecule has 1 fully saturated rings. The van der Waals surface area contributed by atoms with Crippen LogP contribution >= 0.6 is 0 Å². The van der Waals surface area contributed by atoms with Gasteiger partial charge in [0.2, 0.25) is 17.6 Å². The van der Waals surface area contributed by atoms with Crippen molar-refractivity contribution in [2.75, 3.05) is 13.1 Å². The molecule has 36 heavy (non-hydrogen) atoms. The maximum atomic E-state index is 12.8. The normalized spacial score (nSPS) is 14.7. The van der Waals surface area contributed by atoms with E-state index in [9.17, 15) is 4.79 Å². The number of aryl methyl sites for hydroxylation is 2. The van der Waals surface area contributed by atoms with Gasteiger partial charge < -0.3 is 14.4 Å². The molecule has 8 heteroatoms. The summed E-state index contributed by atoms with van der Waals surface area (Å²) in [6.07, 6.45) is 5.45. The summed E-state index contributed by atoms with van der Waals surface area (Å²) in [7, 11) is 0. The van der Waals surface area contributed by atoms with Crippen molar-refractivity contribution in [2.24, 2.45) is 5.92 Å². The van der Waals surface area contributed by atoms with Gasteiger partial charge in [-0.2, -0.15) is 4.98 Å². The molecule has 4 aromatic rings. The van der Waals surface area contributed by atoms with Crippen LogP contribution in [0.25, 0.3) is 11.4 Å². The quantitative estimate of drug-likeness (QED) is 0.405. The Morgan fingerprint density at radius 3 is 2.58 bits per heavy atom. The first-order valence-electron chi connectivity index (χ1n) is 12.5. The van der Waals surface area contributed by atoms with E-state index in [2.05, 4.69) is 55.0 Å². The topological polar surface area (TPSA) is 89.1 Å². The lowest BCUT2D eigenvalue weighted by molar-refractivity contribution is -0.126. The molecule has 0 bridgehead atoms. The molecule has 0 radical (unpaired) electrons. The van der Waals surface area contributed by atoms with Crippen molar-refractivity contribution in [3.05, 3.63) is 89.3 Å². The summed E-state index contributed by atoms with van der Waals surface area (Å²) >= 11 is 0. The summed E-state index contributed by atoms with van der Waals surface area (Å²) in [6, 6.07) is 16.5. The summed E-state index contributed by atoms with van der Waals surface area (Å²) in [6.45, 7) is 7.65. The number of carbonyl (C=O) groups excluding carboxylic acids is 1. The van der Waals surface area contributed by atoms with Gasteiger partial charge >= 0.3 is 0 Å². The number of piperidine rings is 1. The number of hydrogen-bond acceptors (Lipinski definition) is 6. The molecule has 1 N–H and O–H groups in total. The number of benzene rings is 2. The minimum Gasteiger partial charge on any atom is -0.352 e. The van der Waals surface area contributed by atoms with Crippen molar-refractivity contribution in [1.82, 2.24) is 29.9 Å². The van der Waals surface area contributed by atoms with Crippen LogP contribution in [0.2, 0.25) is 0 Å². The maximum absolute atomic E-state index is 12.8. The maximum Gasteiger partial charge on any atom is 0.241 e. The van der Waals surface area contributed by atoms with E-state index < -0.39 is 0 Å². The molecule has 2 aromatic heterocycles. The first-order chi connectivity index (χ1) is 17.5. The van der Waals surface area contributed by atoms with E-state index >= 15 is 0 Å². The molecule has 1 aliphatic heterocycles. The molecule has 1 saturated heterocycles. The van der Waals surface area contributed by atoms with Gasteiger partial charge in [0.25, 0.3) is 0 Å². The standard InChI is InChI=1S/C28H32N6O2/c1-20-6-8-24(9-7-20)27-31-26(36-32-27)19-33-13-10-25(11-14-33)28(35)30-17-22-4-3-5-23(16-22)18-34-15-12-29-21(34)2/h3-9,12,15-16,25H,10-11,13-14,17-19H2,1-2H3,(H,30,35). The van der Waals surface area contributed by atoms with Crippen LogP contribution in [-0.2, 0) is 24.4 Å². The number of aromatic nitrogens is 4. The third-order valence-corrected chi connectivity index (χ3v) is 6.83. The van der Waals surface area contributed by atoms with E-state index in [0.29, 0.717) is 24.8 Å². The second-order valence-corrected chi connectivity index (χ2v) is 9.57. The summed E-state index contributed by atoms with van der Waals surface area (Å²) < 4.78 is 7.59. The van der Waals surface area contributed by atoms with Gasteiger partial charge in [-0.15, -0.1) is 0 Å². The fraction of sp³-hybridized carbons (Fsp3) is 0.357. The van der Waals surface area contributed by atoms with Crippen LogP contribution in [0.3, 0.4) is 0 Å². The Morgan fingerprint density at radius 2 is 1.83 bits per heavy atom. The molecule has 0 atom stereocenters. The van der Waals surface area contributed by atoms with E-state index in [1.165, 1.54) is 11.1 Å². The lowest BCUT2D eigenvalue weighted by atomic mass is 9.96. The first-order valence-corrected chi connectivity index (χ1v) is 12.5. The van der Waals surface area contributed by atoms with E-state index in [1.54, 1.807) is 0 Å². The zero-order chi connectivity index (χ0) is 24.9. The smallest absolute Gasteiger partial charge is 0.241 e. The molecule has 2 aromatic carbocycles. The Hall–Kier alpha value is -3.78. The number of nitrogens with one attached hydrogen (secondary N) is 1. The van der Waals surface area contributed by atoms with Crippen molar-refractivity contribution < 1.29 is 9.32 Å². The molecular formula is C28H32N6O2. The van der Waals surface area contributed by atoms with Crippen molar-refractivity contribution >= 4 is 5.91 Å². The number of rotatable bonds is 8. The predicted molar refractivity (Wildman–Crippen MR) is 137 cm³/mol. The largest absolute Gasteiger partial charge is 0.352 e. The minimum atomic E-state index is 0.0313. The highest BCUT2D eigenvalue weighted by molar-refractivity contribution is 5.78. The van der Waals surface area contributed by atoms with Gasteiger partial charge in [-0.25, -0.2) is 4.98 Å². The van der Waals surface area contributed by atoms with E-state index in [-0.39, 0.29) is 11.8 Å². The third-order valence-electron chi connectivity index (χ3n) is 6.83. The molecule has 3 heterocycles. The van der Waals surface area contributed by atoms with Gasteiger partial charge in [0, 0.05) is 37.0 Å². The van der Waals surface area contributed by atoms with Gasteiger partial charge in [0.15, 0.2) is 0 Å². The SMILES string of the molecule is Cc1ccc(-c2noc(CN3CCC(C(=O)NCc4cccc(Cn5ccnc5C)c4)CC3)n2)cc1. The number of amides is 1. The van der Waals surface area contributed by atoms with Crippen LogP contribution in [0.5, 0.6) is 0 Å². The van der Waals surface area contributed by atoms with Crippen LogP contribution in [0.4, 0.5) is 0 Å². The fourth-order valence-electron chi connectivity index (χ4n) is 4.62. The summed E-state index contributed by atoms with van der Waals surface area (Å²) in [5.74, 6) is 2.38. The van der Waals surface area contributed by atoms with Gasteiger partial charge in [-0.1, -0.05) is 59.3 Å². The van der Waals surface area contributed by atoms with Crippen molar-refractivity contribution in [1.29, 1.82) is 0 Å². The van der Waals surface area contributed by atoms with Crippen LogP contribution in [0.15, 0.2) is 65.4 Å². The van der Waals surface area contributed by atoms with E-state index in [4.69, 9.17) is 4.52 Å². The third kappa shape index (κ3) is 5.88. The average Bonchev–Trinajstić information content (AvgIpc) is 3.52. The number of hydrogen-bond donors (Lipinski definition) is 1. The van der Waals surface area contributed by atoms with Crippen LogP contribution in [0, 0.1) is 19.8 Å². The Kier molecular flexibility index (Phi) is 7.23. The van der Waals surface area contributed by atoms with Crippen LogP contribution < -0.4 is 5.32 Å². The number of carbonyl (C=O) groups is 1. The van der Waals surface area contributed by atoms with Crippen molar-refractivity contribution in [2.45, 2.75) is 46.3 Å². The second-order valence-electron chi connectivity index (χ2n) is 9.57. The summed E-state index contributed by atoms with van der Waals surface area (Å²) in [5, 5.41) is 7.27. The van der Waals surface area contributed by atoms with E-state index in [0.717, 1.165) is 49.4 Å². The van der Waals surface area contributed by atoms with E-state index in [1.807, 2.05) is 49.6 Å². The Balaban J connectivity index is 1.08.